The summed E-state index contributed by atoms with van der Waals surface area (Å²) in [5, 5.41) is 4.25. The molecule has 0 unspecified atom stereocenters. The van der Waals surface area contributed by atoms with Crippen LogP contribution in [-0.2, 0) is 0 Å². The number of nitrogens with zero attached hydrogens (tertiary/aromatic N) is 1. The molecule has 1 aliphatic rings. The summed E-state index contributed by atoms with van der Waals surface area (Å²) in [5.41, 5.74) is 0. The van der Waals surface area contributed by atoms with Crippen LogP contribution < -0.4 is 14.8 Å². The highest BCUT2D eigenvalue weighted by molar-refractivity contribution is 5.94. The van der Waals surface area contributed by atoms with Crippen LogP contribution in [0.3, 0.4) is 0 Å². The number of fused-ring (bicyclic) bond motifs is 2. The molecule has 1 N–H and O–H groups in total. The molecular weight excluding hydrogens is 273 g/mol. The zero-order chi connectivity index (χ0) is 14.2. The van der Waals surface area contributed by atoms with Crippen molar-refractivity contribution in [2.24, 2.45) is 0 Å². The van der Waals surface area contributed by atoms with Crippen LogP contribution in [0.2, 0.25) is 0 Å². The van der Waals surface area contributed by atoms with E-state index in [-0.39, 0.29) is 13.3 Å². The number of rotatable bonds is 3. The first-order chi connectivity index (χ1) is 9.53. The van der Waals surface area contributed by atoms with Crippen molar-refractivity contribution >= 4 is 16.6 Å². The monoisotopic (exact) mass is 284 g/mol. The zero-order valence-corrected chi connectivity index (χ0v) is 10.3. The number of hydrogen-bond acceptors (Lipinski definition) is 4. The Hall–Kier alpha value is -2.18. The SMILES string of the molecule is FC(F)(F)CCNc1nccc2cc3c(cc12)OCO3. The minimum Gasteiger partial charge on any atom is -0.454 e. The summed E-state index contributed by atoms with van der Waals surface area (Å²) in [5.74, 6) is 1.61. The molecule has 0 saturated heterocycles. The Bertz CT molecular complexity index is 643. The number of halogens is 3. The van der Waals surface area contributed by atoms with Crippen molar-refractivity contribution in [3.8, 4) is 11.5 Å². The second kappa shape index (κ2) is 4.73. The summed E-state index contributed by atoms with van der Waals surface area (Å²) < 4.78 is 47.0. The summed E-state index contributed by atoms with van der Waals surface area (Å²) >= 11 is 0. The van der Waals surface area contributed by atoms with Gasteiger partial charge in [0.25, 0.3) is 0 Å². The zero-order valence-electron chi connectivity index (χ0n) is 10.3. The summed E-state index contributed by atoms with van der Waals surface area (Å²) in [6.45, 7) is -0.0695. The van der Waals surface area contributed by atoms with Crippen LogP contribution in [0.25, 0.3) is 10.8 Å². The highest BCUT2D eigenvalue weighted by atomic mass is 19.4. The maximum Gasteiger partial charge on any atom is 0.390 e. The molecule has 106 valence electrons. The van der Waals surface area contributed by atoms with E-state index in [0.717, 1.165) is 5.39 Å². The lowest BCUT2D eigenvalue weighted by Gasteiger charge is -2.10. The first-order valence-electron chi connectivity index (χ1n) is 6.02. The van der Waals surface area contributed by atoms with Gasteiger partial charge in [-0.3, -0.25) is 0 Å². The Kier molecular flexibility index (Phi) is 3.04. The average molecular weight is 284 g/mol. The van der Waals surface area contributed by atoms with Crippen LogP contribution in [0.15, 0.2) is 24.4 Å². The average Bonchev–Trinajstić information content (AvgIpc) is 2.82. The smallest absolute Gasteiger partial charge is 0.390 e. The van der Waals surface area contributed by atoms with E-state index < -0.39 is 12.6 Å². The van der Waals surface area contributed by atoms with Gasteiger partial charge >= 0.3 is 6.18 Å². The molecule has 0 spiro atoms. The van der Waals surface area contributed by atoms with Crippen LogP contribution >= 0.6 is 0 Å². The molecule has 0 saturated carbocycles. The molecular formula is C13H11F3N2O2. The number of pyridine rings is 1. The van der Waals surface area contributed by atoms with Crippen molar-refractivity contribution in [3.05, 3.63) is 24.4 Å². The normalized spacial score (nSPS) is 13.8. The quantitative estimate of drug-likeness (QED) is 0.939. The Morgan fingerprint density at radius 1 is 1.20 bits per heavy atom. The molecule has 7 heteroatoms. The molecule has 0 fully saturated rings. The number of nitrogens with one attached hydrogen (secondary N) is 1. The summed E-state index contributed by atoms with van der Waals surface area (Å²) in [7, 11) is 0. The minimum atomic E-state index is -4.18. The van der Waals surface area contributed by atoms with Crippen molar-refractivity contribution in [2.75, 3.05) is 18.7 Å². The number of ether oxygens (including phenoxy) is 2. The molecule has 0 aliphatic carbocycles. The molecule has 0 bridgehead atoms. The van der Waals surface area contributed by atoms with Gasteiger partial charge in [0, 0.05) is 18.1 Å². The van der Waals surface area contributed by atoms with Crippen LogP contribution in [0, 0.1) is 0 Å². The fraction of sp³-hybridized carbons (Fsp3) is 0.308. The standard InChI is InChI=1S/C13H11F3N2O2/c14-13(15,16)2-4-18-12-9-6-11-10(19-7-20-11)5-8(9)1-3-17-12/h1,3,5-6H,2,4,7H2,(H,17,18). The second-order valence-corrected chi connectivity index (χ2v) is 4.38. The van der Waals surface area contributed by atoms with E-state index in [4.69, 9.17) is 9.47 Å². The number of alkyl halides is 3. The van der Waals surface area contributed by atoms with Crippen molar-refractivity contribution in [1.29, 1.82) is 0 Å². The third-order valence-corrected chi connectivity index (χ3v) is 2.96. The lowest BCUT2D eigenvalue weighted by atomic mass is 10.1. The van der Waals surface area contributed by atoms with E-state index in [9.17, 15) is 13.2 Å². The van der Waals surface area contributed by atoms with E-state index in [2.05, 4.69) is 10.3 Å². The number of benzene rings is 1. The summed E-state index contributed by atoms with van der Waals surface area (Å²) in [4.78, 5) is 4.08. The van der Waals surface area contributed by atoms with Gasteiger partial charge in [-0.05, 0) is 23.6 Å². The van der Waals surface area contributed by atoms with E-state index in [1.54, 1.807) is 24.4 Å². The lowest BCUT2D eigenvalue weighted by molar-refractivity contribution is -0.131. The molecule has 1 aromatic carbocycles. The third-order valence-electron chi connectivity index (χ3n) is 2.96. The molecule has 1 aromatic heterocycles. The minimum absolute atomic E-state index is 0.149. The van der Waals surface area contributed by atoms with Crippen molar-refractivity contribution in [2.45, 2.75) is 12.6 Å². The van der Waals surface area contributed by atoms with Crippen LogP contribution in [0.5, 0.6) is 11.5 Å². The van der Waals surface area contributed by atoms with Crippen molar-refractivity contribution < 1.29 is 22.6 Å². The van der Waals surface area contributed by atoms with E-state index in [1.165, 1.54) is 0 Å². The van der Waals surface area contributed by atoms with Crippen molar-refractivity contribution in [3.63, 3.8) is 0 Å². The third kappa shape index (κ3) is 2.56. The van der Waals surface area contributed by atoms with Crippen molar-refractivity contribution in [1.82, 2.24) is 4.98 Å². The van der Waals surface area contributed by atoms with E-state index in [1.807, 2.05) is 0 Å². The van der Waals surface area contributed by atoms with Gasteiger partial charge in [-0.25, -0.2) is 4.98 Å². The Morgan fingerprint density at radius 3 is 2.70 bits per heavy atom. The predicted molar refractivity (Wildman–Crippen MR) is 67.0 cm³/mol. The van der Waals surface area contributed by atoms with E-state index >= 15 is 0 Å². The predicted octanol–water partition coefficient (Wildman–Crippen LogP) is 3.33. The largest absolute Gasteiger partial charge is 0.454 e. The molecule has 1 aliphatic heterocycles. The van der Waals surface area contributed by atoms with E-state index in [0.29, 0.717) is 22.7 Å². The topological polar surface area (TPSA) is 43.4 Å². The van der Waals surface area contributed by atoms with Gasteiger partial charge in [-0.15, -0.1) is 0 Å². The Morgan fingerprint density at radius 2 is 1.95 bits per heavy atom. The molecule has 4 nitrogen and oxygen atoms in total. The number of anilines is 1. The maximum absolute atomic E-state index is 12.2. The van der Waals surface area contributed by atoms with Gasteiger partial charge in [0.1, 0.15) is 5.82 Å². The van der Waals surface area contributed by atoms with Crippen LogP contribution in [0.4, 0.5) is 19.0 Å². The molecule has 3 rings (SSSR count). The number of aromatic nitrogens is 1. The van der Waals surface area contributed by atoms with Gasteiger partial charge < -0.3 is 14.8 Å². The first kappa shape index (κ1) is 12.8. The van der Waals surface area contributed by atoms with Crippen LogP contribution in [-0.4, -0.2) is 24.5 Å². The Labute approximate surface area is 112 Å². The van der Waals surface area contributed by atoms with Crippen LogP contribution in [0.1, 0.15) is 6.42 Å². The molecule has 20 heavy (non-hydrogen) atoms. The molecule has 2 heterocycles. The fourth-order valence-electron chi connectivity index (χ4n) is 2.03. The summed E-state index contributed by atoms with van der Waals surface area (Å²) in [6, 6.07) is 5.28. The first-order valence-corrected chi connectivity index (χ1v) is 6.02. The number of hydrogen-bond donors (Lipinski definition) is 1. The molecule has 0 atom stereocenters. The lowest BCUT2D eigenvalue weighted by Crippen LogP contribution is -2.15. The van der Waals surface area contributed by atoms with Gasteiger partial charge in [0.15, 0.2) is 11.5 Å². The van der Waals surface area contributed by atoms with Gasteiger partial charge in [0.2, 0.25) is 6.79 Å². The molecule has 2 aromatic rings. The maximum atomic E-state index is 12.2. The Balaban J connectivity index is 1.87. The fourth-order valence-corrected chi connectivity index (χ4v) is 2.03. The van der Waals surface area contributed by atoms with Gasteiger partial charge in [-0.2, -0.15) is 13.2 Å². The molecule has 0 radical (unpaired) electrons. The second-order valence-electron chi connectivity index (χ2n) is 4.38. The highest BCUT2D eigenvalue weighted by Gasteiger charge is 2.26. The summed E-state index contributed by atoms with van der Waals surface area (Å²) in [6.07, 6.45) is -3.55. The van der Waals surface area contributed by atoms with Gasteiger partial charge in [0.05, 0.1) is 6.42 Å². The van der Waals surface area contributed by atoms with Gasteiger partial charge in [-0.1, -0.05) is 0 Å². The molecule has 0 amide bonds. The highest BCUT2D eigenvalue weighted by Crippen LogP contribution is 2.37.